The predicted molar refractivity (Wildman–Crippen MR) is 115 cm³/mol. The summed E-state index contributed by atoms with van der Waals surface area (Å²) >= 11 is 3.41. The van der Waals surface area contributed by atoms with Crippen LogP contribution in [0.25, 0.3) is 0 Å². The number of carbonyl (C=O) groups excluding carboxylic acids is 3. The van der Waals surface area contributed by atoms with Crippen LogP contribution in [0.4, 0.5) is 5.69 Å². The molecule has 8 heteroatoms. The molecule has 1 heterocycles. The summed E-state index contributed by atoms with van der Waals surface area (Å²) in [6, 6.07) is 14.0. The summed E-state index contributed by atoms with van der Waals surface area (Å²) in [5.74, 6) is -0.712. The fourth-order valence-electron chi connectivity index (χ4n) is 3.43. The lowest BCUT2D eigenvalue weighted by molar-refractivity contribution is -0.141. The number of hydrogen-bond acceptors (Lipinski definition) is 5. The van der Waals surface area contributed by atoms with Gasteiger partial charge in [-0.1, -0.05) is 34.1 Å². The summed E-state index contributed by atoms with van der Waals surface area (Å²) < 4.78 is 10.8. The Morgan fingerprint density at radius 3 is 2.67 bits per heavy atom. The van der Waals surface area contributed by atoms with Crippen LogP contribution in [-0.4, -0.2) is 38.5 Å². The van der Waals surface area contributed by atoms with Crippen molar-refractivity contribution < 1.29 is 23.9 Å². The van der Waals surface area contributed by atoms with Crippen LogP contribution < -0.4 is 15.0 Å². The first-order valence-corrected chi connectivity index (χ1v) is 10.3. The maximum Gasteiger partial charge on any atom is 0.307 e. The van der Waals surface area contributed by atoms with Crippen LogP contribution in [-0.2, 0) is 19.1 Å². The number of methoxy groups -OCH3 is 2. The smallest absolute Gasteiger partial charge is 0.307 e. The number of anilines is 1. The minimum Gasteiger partial charge on any atom is -0.497 e. The molecule has 2 unspecified atom stereocenters. The highest BCUT2D eigenvalue weighted by molar-refractivity contribution is 9.10. The number of carbonyl (C=O) groups is 3. The molecule has 1 N–H and O–H groups in total. The number of nitrogens with zero attached hydrogens (tertiary/aromatic N) is 1. The van der Waals surface area contributed by atoms with E-state index < -0.39 is 17.9 Å². The van der Waals surface area contributed by atoms with E-state index in [0.29, 0.717) is 11.4 Å². The molecule has 0 bridgehead atoms. The zero-order chi connectivity index (χ0) is 21.7. The molecule has 0 saturated carbocycles. The van der Waals surface area contributed by atoms with Crippen LogP contribution in [0.5, 0.6) is 5.75 Å². The molecule has 2 aromatic carbocycles. The molecule has 3 rings (SSSR count). The van der Waals surface area contributed by atoms with E-state index in [1.807, 2.05) is 30.3 Å². The van der Waals surface area contributed by atoms with E-state index in [-0.39, 0.29) is 31.2 Å². The van der Waals surface area contributed by atoms with Crippen molar-refractivity contribution in [3.05, 3.63) is 58.6 Å². The average molecular weight is 475 g/mol. The Morgan fingerprint density at radius 2 is 1.97 bits per heavy atom. The van der Waals surface area contributed by atoms with Gasteiger partial charge in [0.25, 0.3) is 0 Å². The topological polar surface area (TPSA) is 84.9 Å². The van der Waals surface area contributed by atoms with Crippen molar-refractivity contribution in [2.75, 3.05) is 25.7 Å². The third-order valence-corrected chi connectivity index (χ3v) is 5.52. The Hall–Kier alpha value is -2.87. The minimum absolute atomic E-state index is 0.00103. The van der Waals surface area contributed by atoms with Crippen molar-refractivity contribution in [3.8, 4) is 5.75 Å². The van der Waals surface area contributed by atoms with Gasteiger partial charge in [-0.15, -0.1) is 0 Å². The molecule has 2 atom stereocenters. The fourth-order valence-corrected chi connectivity index (χ4v) is 3.84. The standard InChI is InChI=1S/C22H23BrN2O5/c1-29-18-8-4-7-17(11-18)25-13-15(10-20(25)26)22(28)24-19(12-21(27)30-2)14-5-3-6-16(23)9-14/h3-9,11,15,19H,10,12-13H2,1-2H3,(H,24,28). The molecule has 7 nitrogen and oxygen atoms in total. The Kier molecular flexibility index (Phi) is 7.10. The lowest BCUT2D eigenvalue weighted by Gasteiger charge is -2.21. The monoisotopic (exact) mass is 474 g/mol. The average Bonchev–Trinajstić information content (AvgIpc) is 3.15. The quantitative estimate of drug-likeness (QED) is 0.622. The lowest BCUT2D eigenvalue weighted by atomic mass is 10.0. The molecule has 0 aliphatic carbocycles. The lowest BCUT2D eigenvalue weighted by Crippen LogP contribution is -2.36. The first kappa shape index (κ1) is 21.8. The maximum absolute atomic E-state index is 13.0. The van der Waals surface area contributed by atoms with Gasteiger partial charge >= 0.3 is 5.97 Å². The van der Waals surface area contributed by atoms with E-state index in [1.54, 1.807) is 30.2 Å². The second kappa shape index (κ2) is 9.75. The first-order valence-electron chi connectivity index (χ1n) is 9.48. The number of halogens is 1. The molecule has 158 valence electrons. The van der Waals surface area contributed by atoms with Crippen molar-refractivity contribution in [2.24, 2.45) is 5.92 Å². The Balaban J connectivity index is 1.74. The van der Waals surface area contributed by atoms with Crippen molar-refractivity contribution >= 4 is 39.4 Å². The van der Waals surface area contributed by atoms with Gasteiger partial charge in [-0.05, 0) is 29.8 Å². The van der Waals surface area contributed by atoms with E-state index in [0.717, 1.165) is 10.0 Å². The number of rotatable bonds is 7. The van der Waals surface area contributed by atoms with Gasteiger partial charge in [-0.2, -0.15) is 0 Å². The van der Waals surface area contributed by atoms with E-state index in [2.05, 4.69) is 21.2 Å². The summed E-state index contributed by atoms with van der Waals surface area (Å²) in [4.78, 5) is 38.9. The molecule has 0 radical (unpaired) electrons. The van der Waals surface area contributed by atoms with Crippen LogP contribution in [0.3, 0.4) is 0 Å². The summed E-state index contributed by atoms with van der Waals surface area (Å²) in [6.45, 7) is 0.265. The SMILES string of the molecule is COC(=O)CC(NC(=O)C1CC(=O)N(c2cccc(OC)c2)C1)c1cccc(Br)c1. The fraction of sp³-hybridized carbons (Fsp3) is 0.318. The summed E-state index contributed by atoms with van der Waals surface area (Å²) in [5.41, 5.74) is 1.46. The zero-order valence-electron chi connectivity index (χ0n) is 16.8. The normalized spacial score (nSPS) is 16.8. The van der Waals surface area contributed by atoms with Gasteiger partial charge in [0, 0.05) is 29.2 Å². The molecular weight excluding hydrogens is 452 g/mol. The van der Waals surface area contributed by atoms with Crippen LogP contribution in [0.1, 0.15) is 24.4 Å². The minimum atomic E-state index is -0.552. The third kappa shape index (κ3) is 5.18. The van der Waals surface area contributed by atoms with E-state index >= 15 is 0 Å². The molecule has 1 aliphatic heterocycles. The number of ether oxygens (including phenoxy) is 2. The number of nitrogens with one attached hydrogen (secondary N) is 1. The molecular formula is C22H23BrN2O5. The molecule has 1 aliphatic rings. The molecule has 0 spiro atoms. The molecule has 2 amide bonds. The summed E-state index contributed by atoms with van der Waals surface area (Å²) in [6.07, 6.45) is 0.103. The predicted octanol–water partition coefficient (Wildman–Crippen LogP) is 3.23. The van der Waals surface area contributed by atoms with Gasteiger partial charge in [0.15, 0.2) is 0 Å². The van der Waals surface area contributed by atoms with Crippen molar-refractivity contribution in [3.63, 3.8) is 0 Å². The van der Waals surface area contributed by atoms with Crippen molar-refractivity contribution in [1.82, 2.24) is 5.32 Å². The highest BCUT2D eigenvalue weighted by Crippen LogP contribution is 2.29. The second-order valence-corrected chi connectivity index (χ2v) is 7.92. The van der Waals surface area contributed by atoms with Crippen LogP contribution in [0, 0.1) is 5.92 Å². The van der Waals surface area contributed by atoms with E-state index in [9.17, 15) is 14.4 Å². The van der Waals surface area contributed by atoms with Crippen molar-refractivity contribution in [1.29, 1.82) is 0 Å². The highest BCUT2D eigenvalue weighted by Gasteiger charge is 2.36. The largest absolute Gasteiger partial charge is 0.497 e. The Labute approximate surface area is 183 Å². The Morgan fingerprint density at radius 1 is 1.20 bits per heavy atom. The van der Waals surface area contributed by atoms with Crippen LogP contribution in [0.15, 0.2) is 53.0 Å². The van der Waals surface area contributed by atoms with Crippen LogP contribution >= 0.6 is 15.9 Å². The zero-order valence-corrected chi connectivity index (χ0v) is 18.3. The van der Waals surface area contributed by atoms with Gasteiger partial charge in [-0.3, -0.25) is 14.4 Å². The van der Waals surface area contributed by atoms with Gasteiger partial charge in [-0.25, -0.2) is 0 Å². The Bertz CT molecular complexity index is 949. The molecule has 1 fully saturated rings. The summed E-state index contributed by atoms with van der Waals surface area (Å²) in [5, 5.41) is 2.92. The van der Waals surface area contributed by atoms with Gasteiger partial charge < -0.3 is 19.7 Å². The van der Waals surface area contributed by atoms with E-state index in [4.69, 9.17) is 9.47 Å². The molecule has 0 aromatic heterocycles. The third-order valence-electron chi connectivity index (χ3n) is 5.03. The highest BCUT2D eigenvalue weighted by atomic mass is 79.9. The number of esters is 1. The van der Waals surface area contributed by atoms with Gasteiger partial charge in [0.05, 0.1) is 32.6 Å². The summed E-state index contributed by atoms with van der Waals surface area (Å²) in [7, 11) is 2.87. The van der Waals surface area contributed by atoms with Crippen molar-refractivity contribution in [2.45, 2.75) is 18.9 Å². The molecule has 1 saturated heterocycles. The van der Waals surface area contributed by atoms with Crippen LogP contribution in [0.2, 0.25) is 0 Å². The molecule has 30 heavy (non-hydrogen) atoms. The number of amides is 2. The maximum atomic E-state index is 13.0. The molecule has 2 aromatic rings. The van der Waals surface area contributed by atoms with E-state index in [1.165, 1.54) is 7.11 Å². The number of benzene rings is 2. The second-order valence-electron chi connectivity index (χ2n) is 7.00. The number of hydrogen-bond donors (Lipinski definition) is 1. The van der Waals surface area contributed by atoms with Gasteiger partial charge in [0.1, 0.15) is 5.75 Å². The van der Waals surface area contributed by atoms with Gasteiger partial charge in [0.2, 0.25) is 11.8 Å². The first-order chi connectivity index (χ1) is 14.4.